The third-order valence-electron chi connectivity index (χ3n) is 3.24. The van der Waals surface area contributed by atoms with E-state index in [1.807, 2.05) is 0 Å². The second kappa shape index (κ2) is 5.21. The number of aromatic nitrogens is 2. The fraction of sp³-hybridized carbons (Fsp3) is 0.500. The van der Waals surface area contributed by atoms with E-state index >= 15 is 0 Å². The maximum Gasteiger partial charge on any atom is 0.308 e. The minimum Gasteiger partial charge on any atom is -0.481 e. The van der Waals surface area contributed by atoms with Crippen molar-refractivity contribution >= 4 is 11.9 Å². The SMILES string of the molecule is Cn1nc(C(=O)N2CCC[C@H](C(=O)O)C2)ccc1=O. The highest BCUT2D eigenvalue weighted by Gasteiger charge is 2.29. The van der Waals surface area contributed by atoms with Gasteiger partial charge in [-0.25, -0.2) is 4.68 Å². The summed E-state index contributed by atoms with van der Waals surface area (Å²) in [6.45, 7) is 0.714. The van der Waals surface area contributed by atoms with Gasteiger partial charge in [0.1, 0.15) is 5.69 Å². The van der Waals surface area contributed by atoms with Gasteiger partial charge < -0.3 is 10.0 Å². The predicted molar refractivity (Wildman–Crippen MR) is 65.7 cm³/mol. The van der Waals surface area contributed by atoms with E-state index in [2.05, 4.69) is 5.10 Å². The maximum atomic E-state index is 12.2. The molecule has 0 radical (unpaired) electrons. The Morgan fingerprint density at radius 1 is 1.42 bits per heavy atom. The third-order valence-corrected chi connectivity index (χ3v) is 3.24. The first-order chi connectivity index (χ1) is 8.99. The molecule has 1 atom stereocenters. The van der Waals surface area contributed by atoms with Gasteiger partial charge in [0.25, 0.3) is 11.5 Å². The number of likely N-dealkylation sites (tertiary alicyclic amines) is 1. The summed E-state index contributed by atoms with van der Waals surface area (Å²) in [5.41, 5.74) is -0.133. The highest BCUT2D eigenvalue weighted by Crippen LogP contribution is 2.18. The number of piperidine rings is 1. The summed E-state index contributed by atoms with van der Waals surface area (Å²) in [4.78, 5) is 35.8. The number of hydrogen-bond donors (Lipinski definition) is 1. The van der Waals surface area contributed by atoms with Crippen molar-refractivity contribution in [3.63, 3.8) is 0 Å². The van der Waals surface area contributed by atoms with Crippen molar-refractivity contribution in [1.82, 2.24) is 14.7 Å². The van der Waals surface area contributed by atoms with Gasteiger partial charge in [-0.2, -0.15) is 5.10 Å². The Balaban J connectivity index is 2.16. The molecule has 1 saturated heterocycles. The number of rotatable bonds is 2. The maximum absolute atomic E-state index is 12.2. The first-order valence-electron chi connectivity index (χ1n) is 6.05. The van der Waals surface area contributed by atoms with E-state index in [0.717, 1.165) is 4.68 Å². The monoisotopic (exact) mass is 265 g/mol. The van der Waals surface area contributed by atoms with E-state index in [9.17, 15) is 14.4 Å². The molecule has 0 saturated carbocycles. The zero-order valence-corrected chi connectivity index (χ0v) is 10.6. The highest BCUT2D eigenvalue weighted by atomic mass is 16.4. The van der Waals surface area contributed by atoms with Crippen LogP contribution in [0.15, 0.2) is 16.9 Å². The molecule has 0 aliphatic carbocycles. The molecule has 1 aliphatic heterocycles. The molecule has 1 aromatic heterocycles. The van der Waals surface area contributed by atoms with Gasteiger partial charge in [0.15, 0.2) is 0 Å². The van der Waals surface area contributed by atoms with Crippen molar-refractivity contribution in [2.75, 3.05) is 13.1 Å². The molecule has 7 nitrogen and oxygen atoms in total. The smallest absolute Gasteiger partial charge is 0.308 e. The van der Waals surface area contributed by atoms with Crippen molar-refractivity contribution in [3.8, 4) is 0 Å². The van der Waals surface area contributed by atoms with Crippen LogP contribution in [0.4, 0.5) is 0 Å². The average Bonchev–Trinajstić information content (AvgIpc) is 2.41. The van der Waals surface area contributed by atoms with E-state index in [4.69, 9.17) is 5.11 Å². The number of nitrogens with zero attached hydrogens (tertiary/aromatic N) is 3. The van der Waals surface area contributed by atoms with Crippen LogP contribution in [-0.2, 0) is 11.8 Å². The number of carboxylic acids is 1. The van der Waals surface area contributed by atoms with Crippen LogP contribution in [0.2, 0.25) is 0 Å². The molecule has 0 spiro atoms. The number of aryl methyl sites for hydroxylation is 1. The number of carbonyl (C=O) groups excluding carboxylic acids is 1. The van der Waals surface area contributed by atoms with Crippen molar-refractivity contribution in [2.45, 2.75) is 12.8 Å². The number of aliphatic carboxylic acids is 1. The van der Waals surface area contributed by atoms with Crippen LogP contribution in [0.3, 0.4) is 0 Å². The summed E-state index contributed by atoms with van der Waals surface area (Å²) in [5, 5.41) is 12.9. The zero-order chi connectivity index (χ0) is 14.0. The molecular formula is C12H15N3O4. The third kappa shape index (κ3) is 2.81. The molecule has 1 amide bonds. The molecule has 2 rings (SSSR count). The van der Waals surface area contributed by atoms with Gasteiger partial charge in [0.05, 0.1) is 5.92 Å². The fourth-order valence-electron chi connectivity index (χ4n) is 2.14. The highest BCUT2D eigenvalue weighted by molar-refractivity contribution is 5.92. The summed E-state index contributed by atoms with van der Waals surface area (Å²) < 4.78 is 1.09. The number of hydrogen-bond acceptors (Lipinski definition) is 4. The molecule has 7 heteroatoms. The molecular weight excluding hydrogens is 250 g/mol. The quantitative estimate of drug-likeness (QED) is 0.793. The topological polar surface area (TPSA) is 92.5 Å². The molecule has 1 fully saturated rings. The van der Waals surface area contributed by atoms with Crippen LogP contribution >= 0.6 is 0 Å². The van der Waals surface area contributed by atoms with Gasteiger partial charge in [-0.15, -0.1) is 0 Å². The molecule has 1 aliphatic rings. The standard InChI is InChI=1S/C12H15N3O4/c1-14-10(16)5-4-9(13-14)11(17)15-6-2-3-8(7-15)12(18)19/h4-5,8H,2-3,6-7H2,1H3,(H,18,19)/t8-/m0/s1. The van der Waals surface area contributed by atoms with Gasteiger partial charge in [0, 0.05) is 26.2 Å². The molecule has 1 aromatic rings. The van der Waals surface area contributed by atoms with Crippen molar-refractivity contribution < 1.29 is 14.7 Å². The van der Waals surface area contributed by atoms with Crippen LogP contribution in [0.25, 0.3) is 0 Å². The Hall–Kier alpha value is -2.18. The van der Waals surface area contributed by atoms with E-state index in [0.29, 0.717) is 19.4 Å². The van der Waals surface area contributed by atoms with Gasteiger partial charge >= 0.3 is 5.97 Å². The first-order valence-corrected chi connectivity index (χ1v) is 6.05. The van der Waals surface area contributed by atoms with Crippen molar-refractivity contribution in [1.29, 1.82) is 0 Å². The first kappa shape index (κ1) is 13.3. The van der Waals surface area contributed by atoms with Crippen molar-refractivity contribution in [3.05, 3.63) is 28.2 Å². The van der Waals surface area contributed by atoms with E-state index in [1.165, 1.54) is 24.1 Å². The van der Waals surface area contributed by atoms with E-state index in [1.54, 1.807) is 0 Å². The van der Waals surface area contributed by atoms with Crippen LogP contribution in [0.1, 0.15) is 23.3 Å². The Bertz CT molecular complexity index is 566. The number of carbonyl (C=O) groups is 2. The van der Waals surface area contributed by atoms with Crippen LogP contribution in [0.5, 0.6) is 0 Å². The summed E-state index contributed by atoms with van der Waals surface area (Å²) in [7, 11) is 1.47. The second-order valence-electron chi connectivity index (χ2n) is 4.61. The van der Waals surface area contributed by atoms with E-state index < -0.39 is 11.9 Å². The Kier molecular flexibility index (Phi) is 3.64. The van der Waals surface area contributed by atoms with Crippen molar-refractivity contribution in [2.24, 2.45) is 13.0 Å². The number of amides is 1. The second-order valence-corrected chi connectivity index (χ2v) is 4.61. The molecule has 102 valence electrons. The van der Waals surface area contributed by atoms with Crippen LogP contribution < -0.4 is 5.56 Å². The average molecular weight is 265 g/mol. The van der Waals surface area contributed by atoms with Crippen LogP contribution in [-0.4, -0.2) is 44.8 Å². The molecule has 0 bridgehead atoms. The van der Waals surface area contributed by atoms with Gasteiger partial charge in [-0.05, 0) is 18.9 Å². The minimum atomic E-state index is -0.883. The van der Waals surface area contributed by atoms with Gasteiger partial charge in [0.2, 0.25) is 0 Å². The van der Waals surface area contributed by atoms with Crippen LogP contribution in [0, 0.1) is 5.92 Å². The Morgan fingerprint density at radius 3 is 2.79 bits per heavy atom. The Morgan fingerprint density at radius 2 is 2.16 bits per heavy atom. The van der Waals surface area contributed by atoms with Gasteiger partial charge in [-0.1, -0.05) is 0 Å². The normalized spacial score (nSPS) is 19.2. The number of carboxylic acid groups (broad SMARTS) is 1. The lowest BCUT2D eigenvalue weighted by atomic mass is 9.98. The lowest BCUT2D eigenvalue weighted by Crippen LogP contribution is -2.43. The molecule has 0 unspecified atom stereocenters. The van der Waals surface area contributed by atoms with E-state index in [-0.39, 0.29) is 23.7 Å². The molecule has 2 heterocycles. The lowest BCUT2D eigenvalue weighted by Gasteiger charge is -2.30. The molecule has 0 aromatic carbocycles. The molecule has 1 N–H and O–H groups in total. The summed E-state index contributed by atoms with van der Waals surface area (Å²) in [5.74, 6) is -1.74. The fourth-order valence-corrected chi connectivity index (χ4v) is 2.14. The summed E-state index contributed by atoms with van der Waals surface area (Å²) in [6.07, 6.45) is 1.24. The largest absolute Gasteiger partial charge is 0.481 e. The Labute approximate surface area is 109 Å². The minimum absolute atomic E-state index is 0.160. The molecule has 19 heavy (non-hydrogen) atoms. The zero-order valence-electron chi connectivity index (χ0n) is 10.6. The van der Waals surface area contributed by atoms with Gasteiger partial charge in [-0.3, -0.25) is 14.4 Å². The summed E-state index contributed by atoms with van der Waals surface area (Å²) >= 11 is 0. The predicted octanol–water partition coefficient (Wildman–Crippen LogP) is -0.283. The lowest BCUT2D eigenvalue weighted by molar-refractivity contribution is -0.143. The summed E-state index contributed by atoms with van der Waals surface area (Å²) in [6, 6.07) is 2.65.